The van der Waals surface area contributed by atoms with E-state index in [1.54, 1.807) is 13.1 Å². The predicted molar refractivity (Wildman–Crippen MR) is 102 cm³/mol. The zero-order valence-corrected chi connectivity index (χ0v) is 16.9. The molecule has 0 fully saturated rings. The van der Waals surface area contributed by atoms with Gasteiger partial charge in [0.15, 0.2) is 5.82 Å². The lowest BCUT2D eigenvalue weighted by Crippen LogP contribution is -2.07. The smallest absolute Gasteiger partial charge is 0.416 e. The van der Waals surface area contributed by atoms with Crippen LogP contribution in [0.15, 0.2) is 30.6 Å². The Kier molecular flexibility index (Phi) is 6.41. The van der Waals surface area contributed by atoms with Gasteiger partial charge in [-0.3, -0.25) is 14.8 Å². The van der Waals surface area contributed by atoms with E-state index in [0.717, 1.165) is 6.07 Å². The molecule has 0 aliphatic heterocycles. The lowest BCUT2D eigenvalue weighted by atomic mass is 10.1. The standard InChI is InChI=1S/C18H15ClF3N5O4/c1-26-9-23-17(25-26)13-3-10(4-14(27(28)29)16(13)30-2)7-31-8-12-5-11(18(20,21)22)6-15(19)24-12/h3-6,9H,7-8H2,1-2H3. The Morgan fingerprint density at radius 3 is 2.55 bits per heavy atom. The highest BCUT2D eigenvalue weighted by molar-refractivity contribution is 6.29. The fourth-order valence-corrected chi connectivity index (χ4v) is 3.02. The summed E-state index contributed by atoms with van der Waals surface area (Å²) >= 11 is 5.66. The van der Waals surface area contributed by atoms with Crippen LogP contribution >= 0.6 is 11.6 Å². The number of benzene rings is 1. The fraction of sp³-hybridized carbons (Fsp3) is 0.278. The summed E-state index contributed by atoms with van der Waals surface area (Å²) in [5.41, 5.74) is -0.667. The largest absolute Gasteiger partial charge is 0.490 e. The van der Waals surface area contributed by atoms with Crippen molar-refractivity contribution >= 4 is 17.3 Å². The minimum atomic E-state index is -4.58. The normalized spacial score (nSPS) is 11.5. The molecule has 164 valence electrons. The Morgan fingerprint density at radius 2 is 1.97 bits per heavy atom. The Hall–Kier alpha value is -3.25. The minimum Gasteiger partial charge on any atom is -0.490 e. The van der Waals surface area contributed by atoms with Crippen LogP contribution < -0.4 is 4.74 Å². The van der Waals surface area contributed by atoms with Crippen LogP contribution in [0.3, 0.4) is 0 Å². The van der Waals surface area contributed by atoms with Gasteiger partial charge in [-0.25, -0.2) is 9.97 Å². The summed E-state index contributed by atoms with van der Waals surface area (Å²) < 4.78 is 50.8. The van der Waals surface area contributed by atoms with E-state index in [2.05, 4.69) is 15.1 Å². The van der Waals surface area contributed by atoms with Crippen LogP contribution in [0, 0.1) is 10.1 Å². The van der Waals surface area contributed by atoms with E-state index in [4.69, 9.17) is 21.1 Å². The monoisotopic (exact) mass is 457 g/mol. The molecule has 0 saturated heterocycles. The fourth-order valence-electron chi connectivity index (χ4n) is 2.80. The molecule has 2 heterocycles. The first-order valence-electron chi connectivity index (χ1n) is 8.61. The SMILES string of the molecule is COc1c(-c2ncn(C)n2)cc(COCc2cc(C(F)(F)F)cc(Cl)n2)cc1[N+](=O)[O-]. The number of hydrogen-bond acceptors (Lipinski definition) is 7. The second kappa shape index (κ2) is 8.86. The summed E-state index contributed by atoms with van der Waals surface area (Å²) in [6.45, 7) is -0.444. The van der Waals surface area contributed by atoms with E-state index < -0.39 is 16.7 Å². The van der Waals surface area contributed by atoms with Crippen LogP contribution in [-0.4, -0.2) is 31.8 Å². The number of halogens is 4. The summed E-state index contributed by atoms with van der Waals surface area (Å²) in [6.07, 6.45) is -3.16. The number of hydrogen-bond donors (Lipinski definition) is 0. The molecular weight excluding hydrogens is 443 g/mol. The minimum absolute atomic E-state index is 0.0220. The van der Waals surface area contributed by atoms with Crippen LogP contribution in [0.1, 0.15) is 16.8 Å². The molecule has 0 saturated carbocycles. The first kappa shape index (κ1) is 22.4. The molecule has 0 N–H and O–H groups in total. The molecule has 0 unspecified atom stereocenters. The molecule has 1 aromatic carbocycles. The molecule has 31 heavy (non-hydrogen) atoms. The lowest BCUT2D eigenvalue weighted by molar-refractivity contribution is -0.385. The second-order valence-electron chi connectivity index (χ2n) is 6.36. The summed E-state index contributed by atoms with van der Waals surface area (Å²) in [6, 6.07) is 4.33. The molecule has 3 aromatic rings. The van der Waals surface area contributed by atoms with Crippen LogP contribution in [0.4, 0.5) is 18.9 Å². The van der Waals surface area contributed by atoms with Crippen LogP contribution in [0.5, 0.6) is 5.75 Å². The number of rotatable bonds is 7. The number of methoxy groups -OCH3 is 1. The number of pyridine rings is 1. The van der Waals surface area contributed by atoms with Crippen molar-refractivity contribution in [2.24, 2.45) is 7.05 Å². The average Bonchev–Trinajstić information content (AvgIpc) is 3.12. The number of nitro benzene ring substituents is 1. The molecule has 3 rings (SSSR count). The quantitative estimate of drug-likeness (QED) is 0.297. The topological polar surface area (TPSA) is 105 Å². The summed E-state index contributed by atoms with van der Waals surface area (Å²) in [7, 11) is 2.92. The number of alkyl halides is 3. The molecule has 0 atom stereocenters. The van der Waals surface area contributed by atoms with E-state index in [9.17, 15) is 23.3 Å². The zero-order chi connectivity index (χ0) is 22.8. The van der Waals surface area contributed by atoms with Gasteiger partial charge < -0.3 is 9.47 Å². The van der Waals surface area contributed by atoms with Crippen molar-refractivity contribution in [2.45, 2.75) is 19.4 Å². The molecule has 0 radical (unpaired) electrons. The highest BCUT2D eigenvalue weighted by Crippen LogP contribution is 2.38. The molecule has 0 amide bonds. The molecule has 2 aromatic heterocycles. The van der Waals surface area contributed by atoms with Crippen LogP contribution in [-0.2, 0) is 31.2 Å². The third kappa shape index (κ3) is 5.27. The number of aryl methyl sites for hydroxylation is 1. The number of aromatic nitrogens is 4. The number of nitrogens with zero attached hydrogens (tertiary/aromatic N) is 5. The van der Waals surface area contributed by atoms with Gasteiger partial charge in [-0.15, -0.1) is 0 Å². The maximum Gasteiger partial charge on any atom is 0.416 e. The highest BCUT2D eigenvalue weighted by Gasteiger charge is 2.31. The predicted octanol–water partition coefficient (Wildman–Crippen LogP) is 4.18. The molecule has 9 nitrogen and oxygen atoms in total. The van der Waals surface area contributed by atoms with Crippen molar-refractivity contribution in [1.82, 2.24) is 19.7 Å². The first-order valence-corrected chi connectivity index (χ1v) is 8.99. The molecule has 13 heteroatoms. The maximum atomic E-state index is 12.9. The van der Waals surface area contributed by atoms with Crippen molar-refractivity contribution in [3.05, 3.63) is 62.7 Å². The first-order chi connectivity index (χ1) is 14.6. The number of ether oxygens (including phenoxy) is 2. The van der Waals surface area contributed by atoms with Gasteiger partial charge in [-0.2, -0.15) is 18.3 Å². The third-order valence-corrected chi connectivity index (χ3v) is 4.26. The Labute approximate surface area is 178 Å². The molecule has 0 bridgehead atoms. The molecule has 0 aliphatic carbocycles. The average molecular weight is 458 g/mol. The van der Waals surface area contributed by atoms with Gasteiger partial charge in [0.2, 0.25) is 5.75 Å². The van der Waals surface area contributed by atoms with E-state index in [1.165, 1.54) is 24.2 Å². The van der Waals surface area contributed by atoms with Crippen LogP contribution in [0.25, 0.3) is 11.4 Å². The van der Waals surface area contributed by atoms with Crippen molar-refractivity contribution in [3.63, 3.8) is 0 Å². The second-order valence-corrected chi connectivity index (χ2v) is 6.74. The Bertz CT molecular complexity index is 1120. The van der Waals surface area contributed by atoms with E-state index >= 15 is 0 Å². The van der Waals surface area contributed by atoms with Gasteiger partial charge >= 0.3 is 11.9 Å². The van der Waals surface area contributed by atoms with Gasteiger partial charge in [0.25, 0.3) is 0 Å². The van der Waals surface area contributed by atoms with Crippen molar-refractivity contribution in [2.75, 3.05) is 7.11 Å². The van der Waals surface area contributed by atoms with E-state index in [1.807, 2.05) is 0 Å². The number of nitro groups is 1. The molecular formula is C18H15ClF3N5O4. The highest BCUT2D eigenvalue weighted by atomic mass is 35.5. The van der Waals surface area contributed by atoms with E-state index in [0.29, 0.717) is 11.6 Å². The van der Waals surface area contributed by atoms with E-state index in [-0.39, 0.29) is 46.9 Å². The summed E-state index contributed by atoms with van der Waals surface area (Å²) in [5.74, 6) is 0.182. The molecule has 0 aliphatic rings. The maximum absolute atomic E-state index is 12.9. The van der Waals surface area contributed by atoms with Crippen molar-refractivity contribution < 1.29 is 27.6 Å². The third-order valence-electron chi connectivity index (χ3n) is 4.06. The zero-order valence-electron chi connectivity index (χ0n) is 16.2. The van der Waals surface area contributed by atoms with Gasteiger partial charge in [0.1, 0.15) is 11.5 Å². The van der Waals surface area contributed by atoms with Gasteiger partial charge in [0, 0.05) is 13.1 Å². The lowest BCUT2D eigenvalue weighted by Gasteiger charge is -2.11. The van der Waals surface area contributed by atoms with Crippen LogP contribution in [0.2, 0.25) is 5.15 Å². The van der Waals surface area contributed by atoms with Gasteiger partial charge in [-0.1, -0.05) is 11.6 Å². The summed E-state index contributed by atoms with van der Waals surface area (Å²) in [4.78, 5) is 18.8. The van der Waals surface area contributed by atoms with Gasteiger partial charge in [0.05, 0.1) is 42.1 Å². The van der Waals surface area contributed by atoms with Crippen molar-refractivity contribution in [3.8, 4) is 17.1 Å². The van der Waals surface area contributed by atoms with Gasteiger partial charge in [-0.05, 0) is 23.8 Å². The Morgan fingerprint density at radius 1 is 1.23 bits per heavy atom. The Balaban J connectivity index is 1.86. The summed E-state index contributed by atoms with van der Waals surface area (Å²) in [5, 5.41) is 15.3. The van der Waals surface area contributed by atoms with Crippen molar-refractivity contribution in [1.29, 1.82) is 0 Å². The molecule has 0 spiro atoms.